The largest absolute Gasteiger partial charge is 0.461 e. The highest BCUT2D eigenvalue weighted by molar-refractivity contribution is 5.91. The first-order valence-electron chi connectivity index (χ1n) is 12.5. The highest BCUT2D eigenvalue weighted by atomic mass is 16.5. The number of nitrogens with zero attached hydrogens (tertiary/aromatic N) is 4. The number of hydrogen-bond acceptors (Lipinski definition) is 8. The first-order chi connectivity index (χ1) is 17.6. The number of rotatable bonds is 9. The molecule has 2 aliphatic heterocycles. The summed E-state index contributed by atoms with van der Waals surface area (Å²) in [6, 6.07) is 17.5. The number of ether oxygens (including phenoxy) is 2. The quantitative estimate of drug-likeness (QED) is 0.459. The number of nitrogen functional groups attached to an aromatic ring is 1. The second kappa shape index (κ2) is 11.1. The standard InChI is InChI=1S/C28H33N5O3/c1-35-13-14-36-28-30-26(29)25-16-24(34)19-33(27(25)31-28)18-20-7-9-22(10-8-20)23-6-4-5-21(15-23)17-32-11-2-3-12-32/h4-10,15H,2-3,11-14,16-19H2,1H3,(H2,29,30,31). The predicted molar refractivity (Wildman–Crippen MR) is 140 cm³/mol. The molecule has 0 saturated carbocycles. The number of methoxy groups -OCH3 is 1. The molecule has 5 rings (SSSR count). The Morgan fingerprint density at radius 3 is 2.53 bits per heavy atom. The van der Waals surface area contributed by atoms with Gasteiger partial charge in [0.1, 0.15) is 18.2 Å². The predicted octanol–water partition coefficient (Wildman–Crippen LogP) is 3.48. The van der Waals surface area contributed by atoms with Crippen molar-refractivity contribution in [1.82, 2.24) is 14.9 Å². The van der Waals surface area contributed by atoms with Crippen LogP contribution in [0.2, 0.25) is 0 Å². The van der Waals surface area contributed by atoms with Gasteiger partial charge < -0.3 is 20.1 Å². The molecular formula is C28H33N5O3. The van der Waals surface area contributed by atoms with Crippen LogP contribution in [0.1, 0.15) is 29.5 Å². The van der Waals surface area contributed by atoms with Crippen LogP contribution in [0.25, 0.3) is 11.1 Å². The van der Waals surface area contributed by atoms with E-state index in [0.717, 1.165) is 12.1 Å². The van der Waals surface area contributed by atoms with Gasteiger partial charge in [0.05, 0.1) is 13.2 Å². The summed E-state index contributed by atoms with van der Waals surface area (Å²) < 4.78 is 10.6. The van der Waals surface area contributed by atoms with Gasteiger partial charge >= 0.3 is 6.01 Å². The van der Waals surface area contributed by atoms with Gasteiger partial charge in [0.2, 0.25) is 0 Å². The molecule has 0 unspecified atom stereocenters. The number of Topliss-reactive ketones (excluding diaryl/α,β-unsaturated/α-hetero) is 1. The number of aromatic nitrogens is 2. The molecular weight excluding hydrogens is 454 g/mol. The smallest absolute Gasteiger partial charge is 0.320 e. The van der Waals surface area contributed by atoms with E-state index in [9.17, 15) is 4.79 Å². The lowest BCUT2D eigenvalue weighted by Crippen LogP contribution is -2.36. The number of fused-ring (bicyclic) bond motifs is 1. The number of carbonyl (C=O) groups is 1. The van der Waals surface area contributed by atoms with Crippen LogP contribution in [0.15, 0.2) is 48.5 Å². The Morgan fingerprint density at radius 2 is 1.75 bits per heavy atom. The molecule has 0 radical (unpaired) electrons. The number of nitrogens with two attached hydrogens (primary N) is 1. The van der Waals surface area contributed by atoms with Gasteiger partial charge in [0, 0.05) is 32.2 Å². The first-order valence-corrected chi connectivity index (χ1v) is 12.5. The van der Waals surface area contributed by atoms with Crippen molar-refractivity contribution >= 4 is 17.4 Å². The molecule has 3 heterocycles. The fraction of sp³-hybridized carbons (Fsp3) is 0.393. The Balaban J connectivity index is 1.32. The minimum absolute atomic E-state index is 0.0947. The maximum atomic E-state index is 12.5. The summed E-state index contributed by atoms with van der Waals surface area (Å²) in [5.41, 5.74) is 11.7. The van der Waals surface area contributed by atoms with Gasteiger partial charge in [-0.2, -0.15) is 9.97 Å². The van der Waals surface area contributed by atoms with Gasteiger partial charge in [0.15, 0.2) is 5.78 Å². The normalized spacial score (nSPS) is 15.8. The molecule has 8 heteroatoms. The second-order valence-electron chi connectivity index (χ2n) is 9.49. The molecule has 2 aliphatic rings. The van der Waals surface area contributed by atoms with Crippen LogP contribution in [0.5, 0.6) is 6.01 Å². The number of benzene rings is 2. The molecule has 0 aliphatic carbocycles. The SMILES string of the molecule is COCCOc1nc(N)c2c(n1)N(Cc1ccc(-c3cccc(CN4CCCC4)c3)cc1)CC(=O)C2. The van der Waals surface area contributed by atoms with Crippen LogP contribution < -0.4 is 15.4 Å². The van der Waals surface area contributed by atoms with Gasteiger partial charge in [-0.3, -0.25) is 9.69 Å². The molecule has 0 amide bonds. The van der Waals surface area contributed by atoms with Crippen molar-refractivity contribution in [2.45, 2.75) is 32.4 Å². The zero-order valence-electron chi connectivity index (χ0n) is 20.8. The van der Waals surface area contributed by atoms with Gasteiger partial charge in [-0.15, -0.1) is 0 Å². The van der Waals surface area contributed by atoms with Crippen LogP contribution in [0.4, 0.5) is 11.6 Å². The Kier molecular flexibility index (Phi) is 7.44. The molecule has 1 saturated heterocycles. The Bertz CT molecular complexity index is 1210. The Morgan fingerprint density at radius 1 is 0.944 bits per heavy atom. The minimum Gasteiger partial charge on any atom is -0.461 e. The molecule has 1 fully saturated rings. The summed E-state index contributed by atoms with van der Waals surface area (Å²) in [5.74, 6) is 1.04. The van der Waals surface area contributed by atoms with Crippen LogP contribution in [-0.2, 0) is 29.0 Å². The highest BCUT2D eigenvalue weighted by Gasteiger charge is 2.27. The molecule has 1 aromatic heterocycles. The molecule has 8 nitrogen and oxygen atoms in total. The van der Waals surface area contributed by atoms with Crippen molar-refractivity contribution in [2.24, 2.45) is 0 Å². The van der Waals surface area contributed by atoms with Crippen molar-refractivity contribution in [1.29, 1.82) is 0 Å². The van der Waals surface area contributed by atoms with Gasteiger partial charge in [0.25, 0.3) is 0 Å². The molecule has 188 valence electrons. The van der Waals surface area contributed by atoms with E-state index in [1.165, 1.54) is 42.6 Å². The zero-order valence-corrected chi connectivity index (χ0v) is 20.8. The summed E-state index contributed by atoms with van der Waals surface area (Å²) in [6.45, 7) is 4.97. The van der Waals surface area contributed by atoms with Gasteiger partial charge in [-0.05, 0) is 54.3 Å². The van der Waals surface area contributed by atoms with E-state index in [4.69, 9.17) is 15.2 Å². The Labute approximate surface area is 212 Å². The lowest BCUT2D eigenvalue weighted by molar-refractivity contribution is -0.117. The van der Waals surface area contributed by atoms with Crippen molar-refractivity contribution in [3.05, 3.63) is 65.2 Å². The van der Waals surface area contributed by atoms with Crippen LogP contribution in [0, 0.1) is 0 Å². The second-order valence-corrected chi connectivity index (χ2v) is 9.49. The maximum absolute atomic E-state index is 12.5. The monoisotopic (exact) mass is 487 g/mol. The van der Waals surface area contributed by atoms with E-state index >= 15 is 0 Å². The molecule has 0 spiro atoms. The number of ketones is 1. The summed E-state index contributed by atoms with van der Waals surface area (Å²) in [5, 5.41) is 0. The fourth-order valence-corrected chi connectivity index (χ4v) is 4.92. The highest BCUT2D eigenvalue weighted by Crippen LogP contribution is 2.31. The third kappa shape index (κ3) is 5.66. The third-order valence-corrected chi connectivity index (χ3v) is 6.75. The van der Waals surface area contributed by atoms with Crippen LogP contribution >= 0.6 is 0 Å². The maximum Gasteiger partial charge on any atom is 0.320 e. The van der Waals surface area contributed by atoms with Gasteiger partial charge in [-0.25, -0.2) is 0 Å². The zero-order chi connectivity index (χ0) is 24.9. The summed E-state index contributed by atoms with van der Waals surface area (Å²) >= 11 is 0. The van der Waals surface area contributed by atoms with E-state index in [1.807, 2.05) is 4.90 Å². The molecule has 36 heavy (non-hydrogen) atoms. The average molecular weight is 488 g/mol. The summed E-state index contributed by atoms with van der Waals surface area (Å²) in [7, 11) is 1.61. The number of likely N-dealkylation sites (tertiary alicyclic amines) is 1. The first kappa shape index (κ1) is 24.2. The van der Waals surface area contributed by atoms with E-state index in [-0.39, 0.29) is 30.6 Å². The van der Waals surface area contributed by atoms with Crippen LogP contribution in [0.3, 0.4) is 0 Å². The molecule has 3 aromatic rings. The number of anilines is 2. The minimum atomic E-state index is 0.0947. The lowest BCUT2D eigenvalue weighted by atomic mass is 10.0. The fourth-order valence-electron chi connectivity index (χ4n) is 4.92. The van der Waals surface area contributed by atoms with Crippen LogP contribution in [-0.4, -0.2) is 60.6 Å². The van der Waals surface area contributed by atoms with E-state index in [0.29, 0.717) is 31.1 Å². The topological polar surface area (TPSA) is 93.8 Å². The van der Waals surface area contributed by atoms with E-state index in [1.54, 1.807) is 7.11 Å². The van der Waals surface area contributed by atoms with Gasteiger partial charge in [-0.1, -0.05) is 42.5 Å². The van der Waals surface area contributed by atoms with E-state index < -0.39 is 0 Å². The average Bonchev–Trinajstić information content (AvgIpc) is 3.39. The number of hydrogen-bond donors (Lipinski definition) is 1. The summed E-state index contributed by atoms with van der Waals surface area (Å²) in [4.78, 5) is 25.7. The molecule has 2 N–H and O–H groups in total. The molecule has 2 aromatic carbocycles. The van der Waals surface area contributed by atoms with Crippen molar-refractivity contribution in [3.8, 4) is 17.1 Å². The summed E-state index contributed by atoms with van der Waals surface area (Å²) in [6.07, 6.45) is 2.84. The Hall–Kier alpha value is -3.49. The molecule has 0 atom stereocenters. The van der Waals surface area contributed by atoms with Crippen molar-refractivity contribution in [3.63, 3.8) is 0 Å². The van der Waals surface area contributed by atoms with E-state index in [2.05, 4.69) is 63.4 Å². The molecule has 0 bridgehead atoms. The van der Waals surface area contributed by atoms with Crippen molar-refractivity contribution in [2.75, 3.05) is 50.6 Å². The third-order valence-electron chi connectivity index (χ3n) is 6.75. The van der Waals surface area contributed by atoms with Crippen molar-refractivity contribution < 1.29 is 14.3 Å². The number of carbonyl (C=O) groups excluding carboxylic acids is 1. The lowest BCUT2D eigenvalue weighted by Gasteiger charge is -2.30.